The molecule has 3 aromatic carbocycles. The molecule has 0 radical (unpaired) electrons. The first kappa shape index (κ1) is 31.1. The molecule has 3 heterocycles. The molecule has 1 fully saturated rings. The van der Waals surface area contributed by atoms with Crippen LogP contribution in [-0.4, -0.2) is 64.7 Å². The van der Waals surface area contributed by atoms with Crippen molar-refractivity contribution in [3.05, 3.63) is 126 Å². The van der Waals surface area contributed by atoms with Crippen molar-refractivity contribution in [1.82, 2.24) is 19.4 Å². The highest BCUT2D eigenvalue weighted by atomic mass is 16.5. The van der Waals surface area contributed by atoms with Crippen LogP contribution in [0, 0.1) is 0 Å². The number of nitrogens with zero attached hydrogens (tertiary/aromatic N) is 3. The molecule has 2 aliphatic heterocycles. The maximum atomic E-state index is 13.6. The quantitative estimate of drug-likeness (QED) is 0.356. The molecule has 2 unspecified atom stereocenters. The van der Waals surface area contributed by atoms with Crippen LogP contribution < -0.4 is 31.3 Å². The zero-order valence-electron chi connectivity index (χ0n) is 26.8. The molecule has 4 aromatic rings. The Balaban J connectivity index is 1.13. The predicted molar refractivity (Wildman–Crippen MR) is 179 cm³/mol. The Morgan fingerprint density at radius 2 is 1.57 bits per heavy atom. The molecule has 2 atom stereocenters. The minimum atomic E-state index is -0.352. The van der Waals surface area contributed by atoms with E-state index in [1.807, 2.05) is 35.2 Å². The number of hydrogen-bond donors (Lipinski definition) is 1. The molecule has 1 amide bonds. The van der Waals surface area contributed by atoms with Gasteiger partial charge in [0.2, 0.25) is 0 Å². The Kier molecular flexibility index (Phi) is 8.94. The number of carbonyl (C=O) groups is 1. The van der Waals surface area contributed by atoms with Crippen molar-refractivity contribution in [3.8, 4) is 11.5 Å². The molecule has 0 bridgehead atoms. The third kappa shape index (κ3) is 6.28. The number of carbonyl (C=O) groups excluding carboxylic acids is 1. The van der Waals surface area contributed by atoms with E-state index in [0.717, 1.165) is 55.0 Å². The zero-order chi connectivity index (χ0) is 32.4. The van der Waals surface area contributed by atoms with Crippen LogP contribution in [0.15, 0.2) is 76.3 Å². The minimum absolute atomic E-state index is 0.00319. The molecule has 1 aromatic heterocycles. The average Bonchev–Trinajstić information content (AvgIpc) is 3.08. The fourth-order valence-corrected chi connectivity index (χ4v) is 6.70. The van der Waals surface area contributed by atoms with E-state index < -0.39 is 0 Å². The Labute approximate surface area is 268 Å². The predicted octanol–water partition coefficient (Wildman–Crippen LogP) is 2.80. The summed E-state index contributed by atoms with van der Waals surface area (Å²) in [7, 11) is 4.93. The third-order valence-electron chi connectivity index (χ3n) is 9.32. The molecular weight excluding hydrogens is 580 g/mol. The number of hydrogen-bond acceptors (Lipinski definition) is 6. The van der Waals surface area contributed by atoms with Crippen LogP contribution in [0.1, 0.15) is 52.4 Å². The summed E-state index contributed by atoms with van der Waals surface area (Å²) in [6, 6.07) is 21.3. The van der Waals surface area contributed by atoms with Gasteiger partial charge in [0.15, 0.2) is 11.5 Å². The van der Waals surface area contributed by atoms with Gasteiger partial charge >= 0.3 is 0 Å². The van der Waals surface area contributed by atoms with Crippen LogP contribution in [0.5, 0.6) is 11.5 Å². The van der Waals surface area contributed by atoms with Crippen molar-refractivity contribution < 1.29 is 14.3 Å². The summed E-state index contributed by atoms with van der Waals surface area (Å²) in [6.45, 7) is 4.66. The van der Waals surface area contributed by atoms with Crippen molar-refractivity contribution in [2.24, 2.45) is 7.05 Å². The van der Waals surface area contributed by atoms with Gasteiger partial charge < -0.3 is 23.9 Å². The topological polar surface area (TPSA) is 96.9 Å². The Morgan fingerprint density at radius 3 is 2.24 bits per heavy atom. The lowest BCUT2D eigenvalue weighted by atomic mass is 9.92. The van der Waals surface area contributed by atoms with Crippen LogP contribution in [-0.2, 0) is 20.0 Å². The number of aromatic nitrogens is 2. The van der Waals surface area contributed by atoms with E-state index in [0.29, 0.717) is 18.2 Å². The summed E-state index contributed by atoms with van der Waals surface area (Å²) >= 11 is 0. The van der Waals surface area contributed by atoms with Gasteiger partial charge in [-0.25, -0.2) is 0 Å². The second-order valence-electron chi connectivity index (χ2n) is 12.2. The molecule has 9 heteroatoms. The van der Waals surface area contributed by atoms with Gasteiger partial charge in [-0.2, -0.15) is 0 Å². The highest BCUT2D eigenvalue weighted by Gasteiger charge is 2.33. The number of H-pyrrole nitrogens is 1. The molecule has 6 rings (SSSR count). The second kappa shape index (κ2) is 13.2. The summed E-state index contributed by atoms with van der Waals surface area (Å²) in [5.41, 5.74) is 4.07. The van der Waals surface area contributed by atoms with Gasteiger partial charge in [-0.1, -0.05) is 42.5 Å². The number of benzene rings is 3. The van der Waals surface area contributed by atoms with Crippen LogP contribution in [0.2, 0.25) is 0 Å². The smallest absolute Gasteiger partial charge is 0.274 e. The molecule has 1 saturated heterocycles. The lowest BCUT2D eigenvalue weighted by molar-refractivity contribution is 0.0442. The van der Waals surface area contributed by atoms with E-state index in [2.05, 4.69) is 28.9 Å². The number of piperidine rings is 1. The zero-order valence-corrected chi connectivity index (χ0v) is 26.8. The van der Waals surface area contributed by atoms with Gasteiger partial charge in [-0.15, -0.1) is 0 Å². The highest BCUT2D eigenvalue weighted by molar-refractivity contribution is 5.94. The number of nitrogens with one attached hydrogen (secondary N) is 1. The number of amides is 1. The third-order valence-corrected chi connectivity index (χ3v) is 9.32. The highest BCUT2D eigenvalue weighted by Crippen LogP contribution is 2.35. The molecular formula is C37H40N4O5. The van der Waals surface area contributed by atoms with E-state index in [-0.39, 0.29) is 33.8 Å². The summed E-state index contributed by atoms with van der Waals surface area (Å²) in [5.74, 6) is 1.53. The summed E-state index contributed by atoms with van der Waals surface area (Å²) in [4.78, 5) is 46.7. The van der Waals surface area contributed by atoms with Crippen LogP contribution in [0.3, 0.4) is 0 Å². The molecule has 0 saturated carbocycles. The molecule has 0 aliphatic carbocycles. The normalized spacial score (nSPS) is 19.2. The molecule has 0 spiro atoms. The fourth-order valence-electron chi connectivity index (χ4n) is 6.70. The summed E-state index contributed by atoms with van der Waals surface area (Å²) in [5, 5.41) is 0.462. The number of rotatable bonds is 6. The van der Waals surface area contributed by atoms with Gasteiger partial charge in [0.1, 0.15) is 10.7 Å². The van der Waals surface area contributed by atoms with Gasteiger partial charge in [0.05, 0.1) is 14.2 Å². The van der Waals surface area contributed by atoms with Crippen molar-refractivity contribution in [2.75, 3.05) is 27.3 Å². The Hall–Kier alpha value is -4.89. The van der Waals surface area contributed by atoms with E-state index in [1.54, 1.807) is 57.7 Å². The first-order valence-electron chi connectivity index (χ1n) is 15.7. The van der Waals surface area contributed by atoms with E-state index in [1.165, 1.54) is 15.7 Å². The van der Waals surface area contributed by atoms with Crippen molar-refractivity contribution in [2.45, 2.75) is 44.8 Å². The average molecular weight is 621 g/mol. The molecule has 238 valence electrons. The largest absolute Gasteiger partial charge is 0.493 e. The number of methoxy groups -OCH3 is 2. The standard InChI is InChI=1S/C37H40N4O5/c1-24-18-30(40-16-14-28-21-33(45-3)34(46-4)22-29(28)23-40)15-17-41(24)36(43)27-12-10-26(11-13-27)19-31-37(44)39(2)32(35(42)38-31)20-25-8-6-5-7-9-25/h5-13,19-22,24,30H,14-18,23H2,1-4H3,(H,38,42)/b31-19-,32-20-. The van der Waals surface area contributed by atoms with Crippen LogP contribution in [0.4, 0.5) is 0 Å². The van der Waals surface area contributed by atoms with Crippen molar-refractivity contribution in [3.63, 3.8) is 0 Å². The minimum Gasteiger partial charge on any atom is -0.493 e. The number of likely N-dealkylation sites (tertiary alicyclic amines) is 1. The monoisotopic (exact) mass is 620 g/mol. The second-order valence-corrected chi connectivity index (χ2v) is 12.2. The maximum Gasteiger partial charge on any atom is 0.274 e. The van der Waals surface area contributed by atoms with E-state index in [9.17, 15) is 14.4 Å². The van der Waals surface area contributed by atoms with Gasteiger partial charge in [-0.05, 0) is 84.9 Å². The van der Waals surface area contributed by atoms with Crippen molar-refractivity contribution in [1.29, 1.82) is 0 Å². The van der Waals surface area contributed by atoms with Crippen LogP contribution >= 0.6 is 0 Å². The fraction of sp³-hybridized carbons (Fsp3) is 0.324. The molecule has 2 aliphatic rings. The van der Waals surface area contributed by atoms with E-state index >= 15 is 0 Å². The molecule has 9 nitrogen and oxygen atoms in total. The van der Waals surface area contributed by atoms with Gasteiger partial charge in [-0.3, -0.25) is 19.3 Å². The van der Waals surface area contributed by atoms with Crippen molar-refractivity contribution >= 4 is 18.1 Å². The lowest BCUT2D eigenvalue weighted by Gasteiger charge is -2.44. The Bertz CT molecular complexity index is 1980. The van der Waals surface area contributed by atoms with Crippen LogP contribution in [0.25, 0.3) is 12.2 Å². The first-order chi connectivity index (χ1) is 22.2. The lowest BCUT2D eigenvalue weighted by Crippen LogP contribution is -2.52. The number of fused-ring (bicyclic) bond motifs is 1. The first-order valence-corrected chi connectivity index (χ1v) is 15.7. The van der Waals surface area contributed by atoms with E-state index in [4.69, 9.17) is 9.47 Å². The molecule has 1 N–H and O–H groups in total. The number of ether oxygens (including phenoxy) is 2. The maximum absolute atomic E-state index is 13.6. The summed E-state index contributed by atoms with van der Waals surface area (Å²) in [6.07, 6.45) is 6.12. The summed E-state index contributed by atoms with van der Waals surface area (Å²) < 4.78 is 12.4. The number of aromatic amines is 1. The Morgan fingerprint density at radius 1 is 0.891 bits per heavy atom. The van der Waals surface area contributed by atoms with Gasteiger partial charge in [0.25, 0.3) is 17.0 Å². The molecule has 46 heavy (non-hydrogen) atoms. The SMILES string of the molecule is COc1cc2c(cc1OC)CN(C1CCN(C(=O)c3ccc(/C=c4\[nH]c(=O)/c(=C/c5ccccc5)n(C)c4=O)cc3)C(C)C1)CC2. The van der Waals surface area contributed by atoms with Gasteiger partial charge in [0, 0.05) is 44.3 Å².